The first-order valence-corrected chi connectivity index (χ1v) is 6.69. The lowest BCUT2D eigenvalue weighted by molar-refractivity contribution is -0.138. The molecule has 0 aliphatic carbocycles. The minimum absolute atomic E-state index is 0. The Morgan fingerprint density at radius 3 is 2.65 bits per heavy atom. The topological polar surface area (TPSA) is 38.3 Å². The third-order valence-electron chi connectivity index (χ3n) is 3.34. The first kappa shape index (κ1) is 17.0. The summed E-state index contributed by atoms with van der Waals surface area (Å²) in [5, 5.41) is 3.47. The van der Waals surface area contributed by atoms with E-state index in [0.717, 1.165) is 17.7 Å². The fraction of sp³-hybridized carbons (Fsp3) is 0.438. The Kier molecular flexibility index (Phi) is 5.62. The van der Waals surface area contributed by atoms with Gasteiger partial charge in [0.05, 0.1) is 17.9 Å². The summed E-state index contributed by atoms with van der Waals surface area (Å²) in [7, 11) is 0. The molecule has 3 nitrogen and oxygen atoms in total. The van der Waals surface area contributed by atoms with Crippen molar-refractivity contribution in [3.8, 4) is 0 Å². The molecule has 0 saturated heterocycles. The summed E-state index contributed by atoms with van der Waals surface area (Å²) < 4.78 is 5.10. The zero-order valence-electron chi connectivity index (χ0n) is 12.4. The summed E-state index contributed by atoms with van der Waals surface area (Å²) in [4.78, 5) is 11.9. The number of rotatable bonds is 2. The molecule has 0 aromatic heterocycles. The van der Waals surface area contributed by atoms with Crippen molar-refractivity contribution in [2.45, 2.75) is 39.7 Å². The minimum Gasteiger partial charge on any atom is -0.463 e. The lowest BCUT2D eigenvalue weighted by Crippen LogP contribution is -2.44. The molecule has 2 rings (SSSR count). The van der Waals surface area contributed by atoms with Gasteiger partial charge in [0.2, 0.25) is 0 Å². The number of carbonyl (C=O) groups excluding carboxylic acids is 1. The van der Waals surface area contributed by atoms with Gasteiger partial charge in [0.1, 0.15) is 0 Å². The fourth-order valence-electron chi connectivity index (χ4n) is 2.48. The van der Waals surface area contributed by atoms with E-state index in [1.807, 2.05) is 26.0 Å². The zero-order valence-corrected chi connectivity index (χ0v) is 14.8. The number of esters is 1. The fourth-order valence-corrected chi connectivity index (χ4v) is 2.48. The van der Waals surface area contributed by atoms with Gasteiger partial charge in [0, 0.05) is 11.1 Å². The molecule has 1 N–H and O–H groups in total. The molecule has 0 spiro atoms. The van der Waals surface area contributed by atoms with Crippen LogP contribution in [0.1, 0.15) is 38.8 Å². The van der Waals surface area contributed by atoms with Crippen LogP contribution in [0.15, 0.2) is 29.8 Å². The summed E-state index contributed by atoms with van der Waals surface area (Å²) in [5.74, 6) is -0.252. The van der Waals surface area contributed by atoms with E-state index in [9.17, 15) is 4.79 Å². The monoisotopic (exact) mass is 387 g/mol. The molecule has 0 atom stereocenters. The van der Waals surface area contributed by atoms with E-state index in [-0.39, 0.29) is 35.5 Å². The number of fused-ring (bicyclic) bond motifs is 1. The van der Waals surface area contributed by atoms with Crippen molar-refractivity contribution in [2.75, 3.05) is 6.61 Å². The second-order valence-electron chi connectivity index (χ2n) is 5.56. The Hall–Kier alpha value is -1.04. The van der Waals surface area contributed by atoms with E-state index in [1.54, 1.807) is 0 Å². The van der Waals surface area contributed by atoms with Gasteiger partial charge in [-0.1, -0.05) is 24.3 Å². The Morgan fingerprint density at radius 1 is 1.35 bits per heavy atom. The molecule has 1 aromatic rings. The summed E-state index contributed by atoms with van der Waals surface area (Å²) in [6.45, 7) is 8.32. The highest BCUT2D eigenvalue weighted by molar-refractivity contribution is 14.0. The number of nitrogens with one attached hydrogen (secondary N) is 1. The van der Waals surface area contributed by atoms with E-state index in [4.69, 9.17) is 4.74 Å². The van der Waals surface area contributed by atoms with Crippen molar-refractivity contribution >= 4 is 35.6 Å². The van der Waals surface area contributed by atoms with Crippen LogP contribution in [0, 0.1) is 0 Å². The van der Waals surface area contributed by atoms with Crippen LogP contribution in [0.3, 0.4) is 0 Å². The van der Waals surface area contributed by atoms with Crippen LogP contribution in [-0.4, -0.2) is 18.1 Å². The van der Waals surface area contributed by atoms with Crippen molar-refractivity contribution in [3.05, 3.63) is 41.0 Å². The molecule has 1 aromatic carbocycles. The van der Waals surface area contributed by atoms with Gasteiger partial charge in [-0.15, -0.1) is 24.0 Å². The normalized spacial score (nSPS) is 18.2. The highest BCUT2D eigenvalue weighted by Gasteiger charge is 2.29. The van der Waals surface area contributed by atoms with E-state index in [2.05, 4.69) is 31.3 Å². The smallest absolute Gasteiger partial charge is 0.335 e. The highest BCUT2D eigenvalue weighted by Crippen LogP contribution is 2.31. The van der Waals surface area contributed by atoms with Crippen LogP contribution in [-0.2, 0) is 16.0 Å². The number of halogens is 1. The zero-order chi connectivity index (χ0) is 14.0. The number of carbonyl (C=O) groups is 1. The van der Waals surface area contributed by atoms with Crippen LogP contribution in [0.4, 0.5) is 0 Å². The third kappa shape index (κ3) is 3.53. The summed E-state index contributed by atoms with van der Waals surface area (Å²) in [5.41, 5.74) is 3.85. The van der Waals surface area contributed by atoms with Crippen LogP contribution in [0.5, 0.6) is 0 Å². The maximum atomic E-state index is 11.9. The van der Waals surface area contributed by atoms with Gasteiger partial charge < -0.3 is 10.1 Å². The molecule has 0 unspecified atom stereocenters. The molecule has 1 aliphatic heterocycles. The van der Waals surface area contributed by atoms with Gasteiger partial charge in [0.25, 0.3) is 0 Å². The van der Waals surface area contributed by atoms with Crippen molar-refractivity contribution in [1.82, 2.24) is 5.32 Å². The Balaban J connectivity index is 0.00000200. The predicted molar refractivity (Wildman–Crippen MR) is 92.0 cm³/mol. The van der Waals surface area contributed by atoms with Gasteiger partial charge in [0.15, 0.2) is 0 Å². The lowest BCUT2D eigenvalue weighted by Gasteiger charge is -2.36. The van der Waals surface area contributed by atoms with Gasteiger partial charge >= 0.3 is 5.97 Å². The molecule has 4 heteroatoms. The van der Waals surface area contributed by atoms with Crippen molar-refractivity contribution in [3.63, 3.8) is 0 Å². The van der Waals surface area contributed by atoms with Crippen LogP contribution in [0.2, 0.25) is 0 Å². The van der Waals surface area contributed by atoms with Crippen LogP contribution < -0.4 is 5.32 Å². The van der Waals surface area contributed by atoms with E-state index >= 15 is 0 Å². The van der Waals surface area contributed by atoms with E-state index in [0.29, 0.717) is 12.2 Å². The largest absolute Gasteiger partial charge is 0.463 e. The van der Waals surface area contributed by atoms with Gasteiger partial charge in [-0.25, -0.2) is 4.79 Å². The van der Waals surface area contributed by atoms with Crippen molar-refractivity contribution in [2.24, 2.45) is 0 Å². The molecule has 20 heavy (non-hydrogen) atoms. The molecular weight excluding hydrogens is 365 g/mol. The Labute approximate surface area is 137 Å². The standard InChI is InChI=1S/C16H21NO2.HI/c1-5-19-15(18)11(2)14-13-9-7-6-8-12(13)10-16(3,4)17-14;/h6-9,17H,5,10H2,1-4H3;1H. The molecule has 0 amide bonds. The number of ether oxygens (including phenoxy) is 1. The first-order chi connectivity index (χ1) is 8.94. The summed E-state index contributed by atoms with van der Waals surface area (Å²) in [6, 6.07) is 8.21. The van der Waals surface area contributed by atoms with Crippen molar-refractivity contribution < 1.29 is 9.53 Å². The Morgan fingerprint density at radius 2 is 2.00 bits per heavy atom. The number of benzene rings is 1. The number of hydrogen-bond donors (Lipinski definition) is 1. The SMILES string of the molecule is CCOC(=O)C(C)=C1NC(C)(C)Cc2ccccc21.I. The van der Waals surface area contributed by atoms with Gasteiger partial charge in [-0.2, -0.15) is 0 Å². The molecule has 0 fully saturated rings. The average Bonchev–Trinajstić information content (AvgIpc) is 2.36. The second-order valence-corrected chi connectivity index (χ2v) is 5.56. The minimum atomic E-state index is -0.252. The predicted octanol–water partition coefficient (Wildman–Crippen LogP) is 3.52. The van der Waals surface area contributed by atoms with Gasteiger partial charge in [-0.3, -0.25) is 0 Å². The van der Waals surface area contributed by atoms with Crippen molar-refractivity contribution in [1.29, 1.82) is 0 Å². The molecule has 1 heterocycles. The maximum absolute atomic E-state index is 11.9. The first-order valence-electron chi connectivity index (χ1n) is 6.69. The number of hydrogen-bond acceptors (Lipinski definition) is 3. The molecule has 0 saturated carbocycles. The van der Waals surface area contributed by atoms with Crippen LogP contribution >= 0.6 is 24.0 Å². The summed E-state index contributed by atoms with van der Waals surface area (Å²) in [6.07, 6.45) is 0.947. The lowest BCUT2D eigenvalue weighted by atomic mass is 9.85. The molecular formula is C16H22INO2. The third-order valence-corrected chi connectivity index (χ3v) is 3.34. The van der Waals surface area contributed by atoms with E-state index in [1.165, 1.54) is 5.56 Å². The maximum Gasteiger partial charge on any atom is 0.335 e. The molecule has 1 aliphatic rings. The Bertz CT molecular complexity index is 535. The molecule has 0 bridgehead atoms. The average molecular weight is 387 g/mol. The highest BCUT2D eigenvalue weighted by atomic mass is 127. The summed E-state index contributed by atoms with van der Waals surface area (Å²) >= 11 is 0. The molecule has 0 radical (unpaired) electrons. The van der Waals surface area contributed by atoms with E-state index < -0.39 is 0 Å². The second kappa shape index (κ2) is 6.61. The van der Waals surface area contributed by atoms with Gasteiger partial charge in [-0.05, 0) is 39.7 Å². The van der Waals surface area contributed by atoms with Crippen LogP contribution in [0.25, 0.3) is 5.70 Å². The molecule has 110 valence electrons. The quantitative estimate of drug-likeness (QED) is 0.480.